The number of thiocarbonyl (C=S) groups is 1. The molecule has 0 radical (unpaired) electrons. The fourth-order valence-corrected chi connectivity index (χ4v) is 3.36. The summed E-state index contributed by atoms with van der Waals surface area (Å²) in [6.45, 7) is 1.90. The maximum Gasteiger partial charge on any atom is 0.264 e. The molecule has 0 aliphatic carbocycles. The topological polar surface area (TPSA) is 41.6 Å². The Bertz CT molecular complexity index is 758. The Hall–Kier alpha value is -1.92. The van der Waals surface area contributed by atoms with Crippen LogP contribution < -0.4 is 10.1 Å². The SMILES string of the molecule is O=C(Nc1cccc(Br)c1)c1ccc(OC(=S)N2CCCCC2)cc1. The fourth-order valence-electron chi connectivity index (χ4n) is 2.69. The zero-order chi connectivity index (χ0) is 17.6. The molecular weight excluding hydrogens is 400 g/mol. The molecule has 0 bridgehead atoms. The highest BCUT2D eigenvalue weighted by molar-refractivity contribution is 9.10. The van der Waals surface area contributed by atoms with Gasteiger partial charge < -0.3 is 15.0 Å². The van der Waals surface area contributed by atoms with Gasteiger partial charge in [0.25, 0.3) is 11.1 Å². The first kappa shape index (κ1) is 17.9. The van der Waals surface area contributed by atoms with Gasteiger partial charge in [0.15, 0.2) is 0 Å². The van der Waals surface area contributed by atoms with Crippen molar-refractivity contribution >= 4 is 44.9 Å². The molecular formula is C19H19BrN2O2S. The van der Waals surface area contributed by atoms with Gasteiger partial charge in [0, 0.05) is 28.8 Å². The Labute approximate surface area is 161 Å². The number of hydrogen-bond acceptors (Lipinski definition) is 3. The zero-order valence-electron chi connectivity index (χ0n) is 13.7. The van der Waals surface area contributed by atoms with Crippen LogP contribution in [0.2, 0.25) is 0 Å². The van der Waals surface area contributed by atoms with Crippen molar-refractivity contribution in [1.82, 2.24) is 4.90 Å². The molecule has 0 spiro atoms. The molecule has 1 heterocycles. The molecule has 130 valence electrons. The lowest BCUT2D eigenvalue weighted by molar-refractivity contribution is 0.102. The monoisotopic (exact) mass is 418 g/mol. The van der Waals surface area contributed by atoms with Gasteiger partial charge in [0.1, 0.15) is 5.75 Å². The third kappa shape index (κ3) is 5.03. The van der Waals surface area contributed by atoms with Crippen molar-refractivity contribution in [2.24, 2.45) is 0 Å². The van der Waals surface area contributed by atoms with Gasteiger partial charge in [-0.2, -0.15) is 0 Å². The van der Waals surface area contributed by atoms with Crippen molar-refractivity contribution in [2.45, 2.75) is 19.3 Å². The Morgan fingerprint density at radius 1 is 1.08 bits per heavy atom. The van der Waals surface area contributed by atoms with Crippen LogP contribution in [0.1, 0.15) is 29.6 Å². The van der Waals surface area contributed by atoms with Gasteiger partial charge in [-0.1, -0.05) is 22.0 Å². The molecule has 1 aliphatic heterocycles. The van der Waals surface area contributed by atoms with Crippen LogP contribution in [0.5, 0.6) is 5.75 Å². The van der Waals surface area contributed by atoms with E-state index in [9.17, 15) is 4.79 Å². The number of nitrogens with zero attached hydrogens (tertiary/aromatic N) is 1. The number of benzene rings is 2. The average Bonchev–Trinajstić information content (AvgIpc) is 2.63. The first-order chi connectivity index (χ1) is 12.1. The maximum atomic E-state index is 12.3. The molecule has 2 aromatic rings. The average molecular weight is 419 g/mol. The number of hydrogen-bond donors (Lipinski definition) is 1. The lowest BCUT2D eigenvalue weighted by Gasteiger charge is -2.28. The van der Waals surface area contributed by atoms with E-state index in [1.165, 1.54) is 6.42 Å². The van der Waals surface area contributed by atoms with E-state index in [4.69, 9.17) is 17.0 Å². The van der Waals surface area contributed by atoms with E-state index in [2.05, 4.69) is 26.1 Å². The molecule has 1 aliphatic rings. The number of amides is 1. The summed E-state index contributed by atoms with van der Waals surface area (Å²) in [6.07, 6.45) is 3.55. The maximum absolute atomic E-state index is 12.3. The largest absolute Gasteiger partial charge is 0.432 e. The minimum absolute atomic E-state index is 0.164. The van der Waals surface area contributed by atoms with Gasteiger partial charge in [-0.25, -0.2) is 0 Å². The third-order valence-corrected chi connectivity index (χ3v) is 4.85. The van der Waals surface area contributed by atoms with Crippen molar-refractivity contribution in [2.75, 3.05) is 18.4 Å². The first-order valence-corrected chi connectivity index (χ1v) is 9.46. The highest BCUT2D eigenvalue weighted by atomic mass is 79.9. The van der Waals surface area contributed by atoms with Gasteiger partial charge in [-0.15, -0.1) is 0 Å². The van der Waals surface area contributed by atoms with E-state index in [1.807, 2.05) is 24.3 Å². The van der Waals surface area contributed by atoms with E-state index in [1.54, 1.807) is 24.3 Å². The first-order valence-electron chi connectivity index (χ1n) is 8.25. The van der Waals surface area contributed by atoms with E-state index < -0.39 is 0 Å². The van der Waals surface area contributed by atoms with Gasteiger partial charge >= 0.3 is 0 Å². The van der Waals surface area contributed by atoms with Gasteiger partial charge in [0.05, 0.1) is 0 Å². The summed E-state index contributed by atoms with van der Waals surface area (Å²) in [7, 11) is 0. The van der Waals surface area contributed by atoms with Crippen LogP contribution in [-0.4, -0.2) is 29.1 Å². The number of nitrogens with one attached hydrogen (secondary N) is 1. The molecule has 0 unspecified atom stereocenters. The standard InChI is InChI=1S/C19H19BrN2O2S/c20-15-5-4-6-16(13-15)21-18(23)14-7-9-17(10-8-14)24-19(25)22-11-2-1-3-12-22/h4-10,13H,1-3,11-12H2,(H,21,23). The van der Waals surface area contributed by atoms with Crippen molar-refractivity contribution in [1.29, 1.82) is 0 Å². The van der Waals surface area contributed by atoms with Crippen molar-refractivity contribution < 1.29 is 9.53 Å². The second-order valence-electron chi connectivity index (χ2n) is 5.90. The fraction of sp³-hybridized carbons (Fsp3) is 0.263. The van der Waals surface area contributed by atoms with Gasteiger partial charge in [-0.3, -0.25) is 4.79 Å². The molecule has 1 saturated heterocycles. The van der Waals surface area contributed by atoms with E-state index in [-0.39, 0.29) is 5.91 Å². The number of carbonyl (C=O) groups excluding carboxylic acids is 1. The molecule has 2 aromatic carbocycles. The van der Waals surface area contributed by atoms with Crippen LogP contribution in [0.25, 0.3) is 0 Å². The van der Waals surface area contributed by atoms with Gasteiger partial charge in [0.2, 0.25) is 0 Å². The van der Waals surface area contributed by atoms with Crippen LogP contribution in [0.3, 0.4) is 0 Å². The molecule has 6 heteroatoms. The van der Waals surface area contributed by atoms with E-state index in [0.717, 1.165) is 36.1 Å². The summed E-state index contributed by atoms with van der Waals surface area (Å²) >= 11 is 8.75. The normalized spacial score (nSPS) is 14.0. The van der Waals surface area contributed by atoms with Crippen LogP contribution in [0.15, 0.2) is 53.0 Å². The predicted molar refractivity (Wildman–Crippen MR) is 107 cm³/mol. The van der Waals surface area contributed by atoms with Crippen molar-refractivity contribution in [3.05, 3.63) is 58.6 Å². The number of likely N-dealkylation sites (tertiary alicyclic amines) is 1. The summed E-state index contributed by atoms with van der Waals surface area (Å²) in [5.41, 5.74) is 1.31. The second-order valence-corrected chi connectivity index (χ2v) is 7.17. The molecule has 4 nitrogen and oxygen atoms in total. The highest BCUT2D eigenvalue weighted by Gasteiger charge is 2.15. The Balaban J connectivity index is 1.59. The molecule has 1 amide bonds. The van der Waals surface area contributed by atoms with E-state index in [0.29, 0.717) is 16.5 Å². The number of carbonyl (C=O) groups is 1. The van der Waals surface area contributed by atoms with Crippen molar-refractivity contribution in [3.8, 4) is 5.75 Å². The Morgan fingerprint density at radius 3 is 2.48 bits per heavy atom. The number of ether oxygens (including phenoxy) is 1. The summed E-state index contributed by atoms with van der Waals surface area (Å²) in [6, 6.07) is 14.5. The lowest BCUT2D eigenvalue weighted by atomic mass is 10.1. The summed E-state index contributed by atoms with van der Waals surface area (Å²) in [5.74, 6) is 0.484. The molecule has 3 rings (SSSR count). The van der Waals surface area contributed by atoms with E-state index >= 15 is 0 Å². The van der Waals surface area contributed by atoms with Crippen LogP contribution in [0, 0.1) is 0 Å². The van der Waals surface area contributed by atoms with Crippen LogP contribution in [0.4, 0.5) is 5.69 Å². The minimum Gasteiger partial charge on any atom is -0.432 e. The third-order valence-electron chi connectivity index (χ3n) is 4.02. The number of rotatable bonds is 3. The predicted octanol–water partition coefficient (Wildman–Crippen LogP) is 4.85. The minimum atomic E-state index is -0.164. The summed E-state index contributed by atoms with van der Waals surface area (Å²) in [5, 5.41) is 3.37. The van der Waals surface area contributed by atoms with Crippen LogP contribution >= 0.6 is 28.1 Å². The highest BCUT2D eigenvalue weighted by Crippen LogP contribution is 2.19. The number of halogens is 1. The molecule has 0 aromatic heterocycles. The molecule has 25 heavy (non-hydrogen) atoms. The molecule has 1 N–H and O–H groups in total. The summed E-state index contributed by atoms with van der Waals surface area (Å²) < 4.78 is 6.66. The second kappa shape index (κ2) is 8.45. The number of anilines is 1. The number of piperidine rings is 1. The quantitative estimate of drug-likeness (QED) is 0.723. The zero-order valence-corrected chi connectivity index (χ0v) is 16.1. The molecule has 0 saturated carbocycles. The van der Waals surface area contributed by atoms with Gasteiger partial charge in [-0.05, 0) is 73.9 Å². The Morgan fingerprint density at radius 2 is 1.80 bits per heavy atom. The lowest BCUT2D eigenvalue weighted by Crippen LogP contribution is -2.37. The van der Waals surface area contributed by atoms with Crippen LogP contribution in [-0.2, 0) is 0 Å². The smallest absolute Gasteiger partial charge is 0.264 e. The summed E-state index contributed by atoms with van der Waals surface area (Å²) in [4.78, 5) is 14.4. The molecule has 1 fully saturated rings. The Kier molecular flexibility index (Phi) is 6.04. The van der Waals surface area contributed by atoms with Crippen molar-refractivity contribution in [3.63, 3.8) is 0 Å². The molecule has 0 atom stereocenters.